The molecule has 1 fully saturated rings. The lowest BCUT2D eigenvalue weighted by atomic mass is 10.0. The average Bonchev–Trinajstić information content (AvgIpc) is 3.23. The van der Waals surface area contributed by atoms with Gasteiger partial charge in [0.2, 0.25) is 5.88 Å². The summed E-state index contributed by atoms with van der Waals surface area (Å²) < 4.78 is 34.7. The standard InChI is InChI=1S/C21H21F2N5O2S/c22-21(23)7-9-27(20(29)15-2-1-3-16(12-15)28(25)10-8-24)13-17(21)30-18-5-4-14-6-11-31-19(14)26-18/h1-6,8,10-12,17H,7,9,13,24-25H2/b10-8-. The monoisotopic (exact) mass is 445 g/mol. The van der Waals surface area contributed by atoms with Crippen molar-refractivity contribution in [2.45, 2.75) is 18.4 Å². The molecule has 1 unspecified atom stereocenters. The largest absolute Gasteiger partial charge is 0.466 e. The van der Waals surface area contributed by atoms with E-state index in [9.17, 15) is 13.6 Å². The second-order valence-electron chi connectivity index (χ2n) is 7.13. The summed E-state index contributed by atoms with van der Waals surface area (Å²) in [6.07, 6.45) is 0.713. The van der Waals surface area contributed by atoms with Gasteiger partial charge in [-0.2, -0.15) is 0 Å². The molecule has 1 amide bonds. The third-order valence-corrected chi connectivity index (χ3v) is 5.87. The van der Waals surface area contributed by atoms with E-state index in [2.05, 4.69) is 4.98 Å². The number of nitrogens with zero attached hydrogens (tertiary/aromatic N) is 3. The summed E-state index contributed by atoms with van der Waals surface area (Å²) in [5, 5.41) is 4.05. The highest BCUT2D eigenvalue weighted by atomic mass is 32.1. The fourth-order valence-electron chi connectivity index (χ4n) is 3.38. The third-order valence-electron chi connectivity index (χ3n) is 5.05. The number of fused-ring (bicyclic) bond motifs is 1. The molecule has 7 nitrogen and oxygen atoms in total. The van der Waals surface area contributed by atoms with Crippen molar-refractivity contribution in [1.82, 2.24) is 9.88 Å². The number of hydrogen-bond acceptors (Lipinski definition) is 7. The van der Waals surface area contributed by atoms with Gasteiger partial charge in [0.15, 0.2) is 6.10 Å². The van der Waals surface area contributed by atoms with Crippen molar-refractivity contribution in [2.24, 2.45) is 11.6 Å². The number of halogens is 2. The molecule has 4 rings (SSSR count). The lowest BCUT2D eigenvalue weighted by molar-refractivity contribution is -0.131. The van der Waals surface area contributed by atoms with Crippen LogP contribution in [-0.2, 0) is 0 Å². The molecule has 162 valence electrons. The number of likely N-dealkylation sites (tertiary alicyclic amines) is 1. The molecule has 0 bridgehead atoms. The van der Waals surface area contributed by atoms with Crippen molar-refractivity contribution in [3.8, 4) is 5.88 Å². The van der Waals surface area contributed by atoms with Crippen LogP contribution >= 0.6 is 11.3 Å². The smallest absolute Gasteiger partial charge is 0.287 e. The molecular formula is C21H21F2N5O2S. The van der Waals surface area contributed by atoms with Crippen LogP contribution in [-0.4, -0.2) is 40.9 Å². The van der Waals surface area contributed by atoms with Crippen LogP contribution < -0.4 is 21.3 Å². The molecule has 0 aliphatic carbocycles. The molecule has 0 saturated carbocycles. The molecular weight excluding hydrogens is 424 g/mol. The number of carbonyl (C=O) groups excluding carboxylic acids is 1. The van der Waals surface area contributed by atoms with Gasteiger partial charge in [-0.25, -0.2) is 19.6 Å². The summed E-state index contributed by atoms with van der Waals surface area (Å²) in [5.41, 5.74) is 6.22. The molecule has 1 saturated heterocycles. The first-order valence-electron chi connectivity index (χ1n) is 9.58. The molecule has 1 atom stereocenters. The summed E-state index contributed by atoms with van der Waals surface area (Å²) in [6.45, 7) is -0.336. The summed E-state index contributed by atoms with van der Waals surface area (Å²) in [4.78, 5) is 19.4. The maximum atomic E-state index is 14.6. The van der Waals surface area contributed by atoms with Crippen LogP contribution in [0.15, 0.2) is 60.2 Å². The molecule has 1 aliphatic rings. The van der Waals surface area contributed by atoms with Crippen LogP contribution in [0, 0.1) is 0 Å². The van der Waals surface area contributed by atoms with Crippen molar-refractivity contribution in [3.05, 3.63) is 65.8 Å². The van der Waals surface area contributed by atoms with Crippen LogP contribution in [0.1, 0.15) is 16.8 Å². The molecule has 31 heavy (non-hydrogen) atoms. The quantitative estimate of drug-likeness (QED) is 0.462. The first-order valence-corrected chi connectivity index (χ1v) is 10.5. The summed E-state index contributed by atoms with van der Waals surface area (Å²) in [6, 6.07) is 11.8. The Balaban J connectivity index is 1.52. The topological polar surface area (TPSA) is 97.7 Å². The van der Waals surface area contributed by atoms with Gasteiger partial charge in [-0.3, -0.25) is 9.80 Å². The second-order valence-corrected chi connectivity index (χ2v) is 8.03. The number of benzene rings is 1. The molecule has 10 heteroatoms. The van der Waals surface area contributed by atoms with Gasteiger partial charge in [0.25, 0.3) is 11.8 Å². The van der Waals surface area contributed by atoms with Gasteiger partial charge in [-0.15, -0.1) is 11.3 Å². The number of hydrazine groups is 1. The van der Waals surface area contributed by atoms with Crippen molar-refractivity contribution in [2.75, 3.05) is 18.1 Å². The Hall–Kier alpha value is -3.24. The fourth-order valence-corrected chi connectivity index (χ4v) is 4.14. The van der Waals surface area contributed by atoms with Crippen LogP contribution in [0.2, 0.25) is 0 Å². The van der Waals surface area contributed by atoms with E-state index in [4.69, 9.17) is 16.3 Å². The van der Waals surface area contributed by atoms with E-state index in [0.717, 1.165) is 5.39 Å². The van der Waals surface area contributed by atoms with Crippen molar-refractivity contribution < 1.29 is 18.3 Å². The van der Waals surface area contributed by atoms with Crippen LogP contribution in [0.25, 0.3) is 10.2 Å². The first kappa shape index (κ1) is 21.0. The minimum Gasteiger partial charge on any atom is -0.466 e. The van der Waals surface area contributed by atoms with Gasteiger partial charge >= 0.3 is 0 Å². The van der Waals surface area contributed by atoms with Crippen molar-refractivity contribution in [3.63, 3.8) is 0 Å². The number of ether oxygens (including phenoxy) is 1. The number of nitrogens with two attached hydrogens (primary N) is 2. The number of thiophene rings is 1. The van der Waals surface area contributed by atoms with Gasteiger partial charge in [0.05, 0.1) is 12.2 Å². The molecule has 3 aromatic rings. The molecule has 4 N–H and O–H groups in total. The first-order chi connectivity index (χ1) is 14.9. The second kappa shape index (κ2) is 8.48. The van der Waals surface area contributed by atoms with Crippen LogP contribution in [0.5, 0.6) is 5.88 Å². The predicted molar refractivity (Wildman–Crippen MR) is 116 cm³/mol. The van der Waals surface area contributed by atoms with Gasteiger partial charge in [0, 0.05) is 42.4 Å². The summed E-state index contributed by atoms with van der Waals surface area (Å²) in [5.74, 6) is 2.50. The lowest BCUT2D eigenvalue weighted by Crippen LogP contribution is -2.55. The Morgan fingerprint density at radius 2 is 2.16 bits per heavy atom. The fraction of sp³-hybridized carbons (Fsp3) is 0.238. The number of alkyl halides is 2. The zero-order chi connectivity index (χ0) is 22.0. The molecule has 2 aromatic heterocycles. The Bertz CT molecular complexity index is 1120. The third kappa shape index (κ3) is 4.44. The zero-order valence-corrected chi connectivity index (χ0v) is 17.3. The number of amides is 1. The Labute approximate surface area is 181 Å². The van der Waals surface area contributed by atoms with E-state index < -0.39 is 18.4 Å². The average molecular weight is 445 g/mol. The number of hydrogen-bond donors (Lipinski definition) is 2. The Morgan fingerprint density at radius 3 is 2.97 bits per heavy atom. The van der Waals surface area contributed by atoms with Gasteiger partial charge < -0.3 is 15.4 Å². The number of piperidine rings is 1. The SMILES string of the molecule is N/C=C\N(N)c1cccc(C(=O)N2CCC(F)(F)C(Oc3ccc4ccsc4n3)C2)c1. The van der Waals surface area contributed by atoms with Gasteiger partial charge in [-0.1, -0.05) is 6.07 Å². The molecule has 3 heterocycles. The molecule has 1 aliphatic heterocycles. The van der Waals surface area contributed by atoms with E-state index >= 15 is 0 Å². The van der Waals surface area contributed by atoms with E-state index in [-0.39, 0.29) is 24.9 Å². The van der Waals surface area contributed by atoms with Gasteiger partial charge in [0.1, 0.15) is 4.83 Å². The van der Waals surface area contributed by atoms with Crippen molar-refractivity contribution in [1.29, 1.82) is 0 Å². The minimum absolute atomic E-state index is 0.0810. The number of anilines is 1. The van der Waals surface area contributed by atoms with Crippen LogP contribution in [0.3, 0.4) is 0 Å². The van der Waals surface area contributed by atoms with Crippen molar-refractivity contribution >= 4 is 33.1 Å². The van der Waals surface area contributed by atoms with E-state index in [0.29, 0.717) is 16.1 Å². The predicted octanol–water partition coefficient (Wildman–Crippen LogP) is 3.34. The Kier molecular flexibility index (Phi) is 5.75. The van der Waals surface area contributed by atoms with Gasteiger partial charge in [-0.05, 0) is 35.7 Å². The molecule has 1 aromatic carbocycles. The maximum absolute atomic E-state index is 14.6. The molecule has 0 radical (unpaired) electrons. The van der Waals surface area contributed by atoms with E-state index in [1.165, 1.54) is 33.6 Å². The van der Waals surface area contributed by atoms with Crippen LogP contribution in [0.4, 0.5) is 14.5 Å². The minimum atomic E-state index is -3.08. The number of rotatable bonds is 5. The zero-order valence-electron chi connectivity index (χ0n) is 16.4. The highest BCUT2D eigenvalue weighted by Gasteiger charge is 2.47. The number of aromatic nitrogens is 1. The van der Waals surface area contributed by atoms with E-state index in [1.54, 1.807) is 36.4 Å². The normalized spacial score (nSPS) is 18.4. The van der Waals surface area contributed by atoms with E-state index in [1.807, 2.05) is 11.4 Å². The Morgan fingerprint density at radius 1 is 1.32 bits per heavy atom. The molecule has 0 spiro atoms. The highest BCUT2D eigenvalue weighted by molar-refractivity contribution is 7.16. The lowest BCUT2D eigenvalue weighted by Gasteiger charge is -2.38. The number of carbonyl (C=O) groups is 1. The maximum Gasteiger partial charge on any atom is 0.287 e. The summed E-state index contributed by atoms with van der Waals surface area (Å²) >= 11 is 1.40. The number of pyridine rings is 1. The summed E-state index contributed by atoms with van der Waals surface area (Å²) in [7, 11) is 0. The highest BCUT2D eigenvalue weighted by Crippen LogP contribution is 2.33.